The molecule has 2 amide bonds. The van der Waals surface area contributed by atoms with Gasteiger partial charge in [0.15, 0.2) is 0 Å². The molecule has 0 saturated carbocycles. The maximum absolute atomic E-state index is 12.0. The Morgan fingerprint density at radius 2 is 1.69 bits per heavy atom. The maximum atomic E-state index is 12.0. The molecule has 7 heteroatoms. The van der Waals surface area contributed by atoms with Gasteiger partial charge in [-0.1, -0.05) is 47.5 Å². The van der Waals surface area contributed by atoms with Gasteiger partial charge in [0.2, 0.25) is 0 Å². The highest BCUT2D eigenvalue weighted by molar-refractivity contribution is 6.01. The number of imide groups is 1. The lowest BCUT2D eigenvalue weighted by atomic mass is 9.95. The van der Waals surface area contributed by atoms with Gasteiger partial charge in [0, 0.05) is 25.2 Å². The smallest absolute Gasteiger partial charge is 0.432 e. The molecule has 0 spiro atoms. The molecule has 0 radical (unpaired) electrons. The Bertz CT molecular complexity index is 1010. The highest BCUT2D eigenvalue weighted by atomic mass is 16.8. The average molecular weight is 393 g/mol. The standard InChI is InChI=1S/C22H19NO6/c1-13(24)10-14-6-7-17-15-4-2-3-5-16(15)19(18(17)11-14)12-28-22(27)29-23-20(25)8-9-21(23)26/h2-7,11,19H,8-10,12H2,1H3. The van der Waals surface area contributed by atoms with Crippen LogP contribution in [0, 0.1) is 0 Å². The molecule has 7 nitrogen and oxygen atoms in total. The number of hydroxylamine groups is 2. The summed E-state index contributed by atoms with van der Waals surface area (Å²) in [7, 11) is 0. The van der Waals surface area contributed by atoms with Crippen LogP contribution in [0.25, 0.3) is 11.1 Å². The van der Waals surface area contributed by atoms with E-state index in [1.165, 1.54) is 0 Å². The number of hydrogen-bond acceptors (Lipinski definition) is 6. The molecule has 0 N–H and O–H groups in total. The van der Waals surface area contributed by atoms with E-state index in [2.05, 4.69) is 0 Å². The van der Waals surface area contributed by atoms with Crippen LogP contribution in [0.2, 0.25) is 0 Å². The van der Waals surface area contributed by atoms with Gasteiger partial charge in [0.25, 0.3) is 11.8 Å². The van der Waals surface area contributed by atoms with Crippen LogP contribution in [-0.2, 0) is 30.4 Å². The third-order valence-electron chi connectivity index (χ3n) is 5.11. The summed E-state index contributed by atoms with van der Waals surface area (Å²) in [4.78, 5) is 51.5. The Hall–Kier alpha value is -3.48. The number of ketones is 1. The number of rotatable bonds is 5. The van der Waals surface area contributed by atoms with Crippen LogP contribution < -0.4 is 0 Å². The molecule has 1 atom stereocenters. The van der Waals surface area contributed by atoms with E-state index in [-0.39, 0.29) is 31.1 Å². The number of Topliss-reactive ketones (excluding diaryl/α,β-unsaturated/α-hetero) is 1. The molecule has 29 heavy (non-hydrogen) atoms. The number of fused-ring (bicyclic) bond motifs is 3. The first kappa shape index (κ1) is 18.9. The van der Waals surface area contributed by atoms with E-state index in [0.717, 1.165) is 27.8 Å². The predicted molar refractivity (Wildman–Crippen MR) is 102 cm³/mol. The minimum atomic E-state index is -1.10. The summed E-state index contributed by atoms with van der Waals surface area (Å²) in [6.45, 7) is 1.53. The lowest BCUT2D eigenvalue weighted by Crippen LogP contribution is -2.32. The van der Waals surface area contributed by atoms with Crippen molar-refractivity contribution in [1.29, 1.82) is 0 Å². The van der Waals surface area contributed by atoms with Crippen LogP contribution in [-0.4, -0.2) is 35.4 Å². The third-order valence-corrected chi connectivity index (χ3v) is 5.11. The summed E-state index contributed by atoms with van der Waals surface area (Å²) in [6.07, 6.45) is -0.722. The number of carbonyl (C=O) groups is 4. The molecule has 0 bridgehead atoms. The van der Waals surface area contributed by atoms with Gasteiger partial charge < -0.3 is 4.74 Å². The monoisotopic (exact) mass is 393 g/mol. The first-order chi connectivity index (χ1) is 13.9. The van der Waals surface area contributed by atoms with Gasteiger partial charge in [-0.15, -0.1) is 0 Å². The van der Waals surface area contributed by atoms with E-state index in [1.807, 2.05) is 42.5 Å². The Kier molecular flexibility index (Phi) is 4.88. The molecule has 1 heterocycles. The van der Waals surface area contributed by atoms with E-state index in [4.69, 9.17) is 9.57 Å². The van der Waals surface area contributed by atoms with E-state index >= 15 is 0 Å². The molecule has 1 saturated heterocycles. The molecule has 1 aliphatic heterocycles. The Balaban J connectivity index is 1.54. The zero-order valence-corrected chi connectivity index (χ0v) is 15.8. The van der Waals surface area contributed by atoms with E-state index in [1.54, 1.807) is 6.92 Å². The largest absolute Gasteiger partial charge is 0.533 e. The van der Waals surface area contributed by atoms with Gasteiger partial charge in [-0.2, -0.15) is 0 Å². The molecular formula is C22H19NO6. The Labute approximate surface area is 167 Å². The lowest BCUT2D eigenvalue weighted by Gasteiger charge is -2.16. The van der Waals surface area contributed by atoms with Crippen LogP contribution in [0.4, 0.5) is 4.79 Å². The fourth-order valence-corrected chi connectivity index (χ4v) is 3.85. The second-order valence-corrected chi connectivity index (χ2v) is 7.17. The molecule has 2 aromatic carbocycles. The SMILES string of the molecule is CC(=O)Cc1ccc2c(c1)C(COC(=O)ON1C(=O)CCC1=O)c1ccccc1-2. The molecular weight excluding hydrogens is 374 g/mol. The fourth-order valence-electron chi connectivity index (χ4n) is 3.85. The van der Waals surface area contributed by atoms with Crippen LogP contribution in [0.5, 0.6) is 0 Å². The summed E-state index contributed by atoms with van der Waals surface area (Å²) in [5.74, 6) is -1.28. The van der Waals surface area contributed by atoms with Crippen LogP contribution in [0.3, 0.4) is 0 Å². The average Bonchev–Trinajstić information content (AvgIpc) is 3.17. The number of ether oxygens (including phenoxy) is 1. The molecule has 1 fully saturated rings. The maximum Gasteiger partial charge on any atom is 0.533 e. The topological polar surface area (TPSA) is 90.0 Å². The number of nitrogens with zero attached hydrogens (tertiary/aromatic N) is 1. The molecule has 1 aliphatic carbocycles. The van der Waals surface area contributed by atoms with Crippen LogP contribution in [0.1, 0.15) is 42.4 Å². The molecule has 1 unspecified atom stereocenters. The summed E-state index contributed by atoms with van der Waals surface area (Å²) < 4.78 is 5.25. The highest BCUT2D eigenvalue weighted by Crippen LogP contribution is 2.45. The number of hydrogen-bond donors (Lipinski definition) is 0. The third kappa shape index (κ3) is 3.63. The minimum Gasteiger partial charge on any atom is -0.432 e. The molecule has 4 rings (SSSR count). The molecule has 148 valence electrons. The number of carbonyl (C=O) groups excluding carboxylic acids is 4. The van der Waals surface area contributed by atoms with Crippen LogP contribution >= 0.6 is 0 Å². The number of benzene rings is 2. The highest BCUT2D eigenvalue weighted by Gasteiger charge is 2.34. The van der Waals surface area contributed by atoms with Crippen molar-refractivity contribution >= 4 is 23.8 Å². The molecule has 0 aromatic heterocycles. The first-order valence-electron chi connectivity index (χ1n) is 9.36. The van der Waals surface area contributed by atoms with Crippen molar-refractivity contribution in [3.63, 3.8) is 0 Å². The van der Waals surface area contributed by atoms with Crippen molar-refractivity contribution in [3.8, 4) is 11.1 Å². The lowest BCUT2D eigenvalue weighted by molar-refractivity contribution is -0.177. The minimum absolute atomic E-state index is 0.0113. The second-order valence-electron chi connectivity index (χ2n) is 7.17. The second kappa shape index (κ2) is 7.50. The molecule has 2 aromatic rings. The Morgan fingerprint density at radius 1 is 1.00 bits per heavy atom. The van der Waals surface area contributed by atoms with Crippen molar-refractivity contribution in [2.75, 3.05) is 6.61 Å². The van der Waals surface area contributed by atoms with Crippen molar-refractivity contribution in [1.82, 2.24) is 5.06 Å². The van der Waals surface area contributed by atoms with Gasteiger partial charge in [0.05, 0.1) is 0 Å². The molecule has 2 aliphatic rings. The van der Waals surface area contributed by atoms with Crippen LogP contribution in [0.15, 0.2) is 42.5 Å². The summed E-state index contributed by atoms with van der Waals surface area (Å²) in [5, 5.41) is 0.462. The van der Waals surface area contributed by atoms with E-state index in [0.29, 0.717) is 11.5 Å². The first-order valence-corrected chi connectivity index (χ1v) is 9.36. The normalized spacial score (nSPS) is 17.1. The van der Waals surface area contributed by atoms with Crippen molar-refractivity contribution in [2.45, 2.75) is 32.1 Å². The summed E-state index contributed by atoms with van der Waals surface area (Å²) in [6, 6.07) is 13.7. The van der Waals surface area contributed by atoms with Crippen molar-refractivity contribution in [3.05, 3.63) is 59.2 Å². The fraction of sp³-hybridized carbons (Fsp3) is 0.273. The predicted octanol–water partition coefficient (Wildman–Crippen LogP) is 3.15. The summed E-state index contributed by atoms with van der Waals surface area (Å²) in [5.41, 5.74) is 4.93. The summed E-state index contributed by atoms with van der Waals surface area (Å²) >= 11 is 0. The quantitative estimate of drug-likeness (QED) is 0.573. The van der Waals surface area contributed by atoms with Gasteiger partial charge >= 0.3 is 6.16 Å². The van der Waals surface area contributed by atoms with Gasteiger partial charge in [-0.3, -0.25) is 19.2 Å². The van der Waals surface area contributed by atoms with E-state index < -0.39 is 18.0 Å². The Morgan fingerprint density at radius 3 is 2.41 bits per heavy atom. The van der Waals surface area contributed by atoms with Gasteiger partial charge in [-0.25, -0.2) is 4.79 Å². The van der Waals surface area contributed by atoms with Crippen molar-refractivity contribution < 1.29 is 28.8 Å². The van der Waals surface area contributed by atoms with E-state index in [9.17, 15) is 19.2 Å². The number of amides is 2. The van der Waals surface area contributed by atoms with Gasteiger partial charge in [0.1, 0.15) is 12.4 Å². The zero-order chi connectivity index (χ0) is 20.5. The zero-order valence-electron chi connectivity index (χ0n) is 15.8. The van der Waals surface area contributed by atoms with Crippen molar-refractivity contribution in [2.24, 2.45) is 0 Å². The van der Waals surface area contributed by atoms with Gasteiger partial charge in [-0.05, 0) is 34.7 Å².